The van der Waals surface area contributed by atoms with Crippen LogP contribution in [0.1, 0.15) is 74.1 Å². The molecule has 388 valence electrons. The molecule has 5 aromatic heterocycles. The molecule has 0 fully saturated rings. The number of hydrogen-bond donors (Lipinski definition) is 3. The molecule has 0 bridgehead atoms. The molecule has 77 heavy (non-hydrogen) atoms. The minimum Gasteiger partial charge on any atom is -0.478 e. The first-order valence-electron chi connectivity index (χ1n) is 26.4. The summed E-state index contributed by atoms with van der Waals surface area (Å²) in [6.07, 6.45) is 5.75. The highest BCUT2D eigenvalue weighted by Crippen LogP contribution is 2.35. The van der Waals surface area contributed by atoms with Crippen LogP contribution in [0, 0.1) is 0 Å². The van der Waals surface area contributed by atoms with E-state index >= 15 is 0 Å². The quantitative estimate of drug-likeness (QED) is 0.0663. The van der Waals surface area contributed by atoms with Gasteiger partial charge in [0.2, 0.25) is 12.3 Å². The molecule has 12 nitrogen and oxygen atoms in total. The van der Waals surface area contributed by atoms with E-state index in [4.69, 9.17) is 15.4 Å². The maximum Gasteiger partial charge on any atom is 0.335 e. The standard InChI is InChI=1S/C17H15N3O.C16H17N3O.C16H15NO2.C15H14BrN/c1-2-9-20-15-6-4-3-5-13(15)14-10-12(7-8-16(14)20)17-19-18-11-21-17;1-2-9-19-14-6-4-3-5-12(14)13-10-11(16(20)18-17)7-8-15(13)19;1-2-9-17-14-6-4-3-5-12(14)13-10-11(16(18)19)7-8-15(13)17;1-2-9-17-14-6-4-3-5-12(14)13-10-11(16)7-8-15(13)17/h3-8,10-11H,2,9H2,1H3;3-8,10H,2,9,17H2,1H3,(H,18,20);3-8,10H,2,9H2,1H3,(H,18,19);3-8,10H,2,9H2,1H3. The van der Waals surface area contributed by atoms with Crippen molar-refractivity contribution in [2.45, 2.75) is 79.6 Å². The van der Waals surface area contributed by atoms with Gasteiger partial charge in [0, 0.05) is 129 Å². The Labute approximate surface area is 454 Å². The number of fused-ring (bicyclic) bond motifs is 12. The fourth-order valence-corrected chi connectivity index (χ4v) is 11.2. The first kappa shape index (κ1) is 51.9. The number of aryl methyl sites for hydroxylation is 4. The van der Waals surface area contributed by atoms with Gasteiger partial charge in [-0.05, 0) is 123 Å². The lowest BCUT2D eigenvalue weighted by Gasteiger charge is -2.05. The molecule has 0 saturated heterocycles. The molecular weight excluding hydrogens is 1020 g/mol. The molecule has 0 saturated carbocycles. The molecule has 0 unspecified atom stereocenters. The predicted molar refractivity (Wildman–Crippen MR) is 319 cm³/mol. The summed E-state index contributed by atoms with van der Waals surface area (Å²) >= 11 is 3.56. The van der Waals surface area contributed by atoms with E-state index in [1.807, 2.05) is 54.6 Å². The van der Waals surface area contributed by atoms with Crippen molar-refractivity contribution >= 4 is 115 Å². The number of amides is 1. The number of rotatable bonds is 11. The first-order valence-corrected chi connectivity index (χ1v) is 27.2. The van der Waals surface area contributed by atoms with Crippen LogP contribution in [-0.2, 0) is 26.2 Å². The SMILES string of the molecule is CCCn1c2ccccc2c2cc(-c3nnco3)ccc21.CCCn1c2ccccc2c2cc(Br)ccc21.CCCn1c2ccccc2c2cc(C(=O)NN)ccc21.CCCn1c2ccccc2c2cc(C(=O)O)ccc21. The summed E-state index contributed by atoms with van der Waals surface area (Å²) in [4.78, 5) is 22.8. The first-order chi connectivity index (χ1) is 37.7. The Balaban J connectivity index is 0.000000117. The minimum atomic E-state index is -0.880. The largest absolute Gasteiger partial charge is 0.478 e. The molecule has 0 aliphatic rings. The summed E-state index contributed by atoms with van der Waals surface area (Å²) in [6, 6.07) is 57.5. The topological polar surface area (TPSA) is 151 Å². The number of aromatic nitrogens is 6. The minimum absolute atomic E-state index is 0.265. The molecule has 0 aliphatic heterocycles. The lowest BCUT2D eigenvalue weighted by molar-refractivity contribution is 0.0696. The van der Waals surface area contributed by atoms with Gasteiger partial charge in [-0.15, -0.1) is 10.2 Å². The molecule has 4 N–H and O–H groups in total. The number of nitrogens with two attached hydrogens (primary N) is 1. The molecule has 0 spiro atoms. The number of carbonyl (C=O) groups is 2. The molecule has 5 heterocycles. The number of para-hydroxylation sites is 4. The van der Waals surface area contributed by atoms with Crippen LogP contribution in [0.15, 0.2) is 185 Å². The van der Waals surface area contributed by atoms with Crippen LogP contribution in [0.5, 0.6) is 0 Å². The Hall–Kier alpha value is -8.52. The van der Waals surface area contributed by atoms with E-state index in [1.54, 1.807) is 12.1 Å². The fraction of sp³-hybridized carbons (Fsp3) is 0.188. The number of hydrazine groups is 1. The van der Waals surface area contributed by atoms with Crippen molar-refractivity contribution in [1.82, 2.24) is 33.9 Å². The molecule has 13 rings (SSSR count). The Morgan fingerprint density at radius 1 is 0.481 bits per heavy atom. The van der Waals surface area contributed by atoms with Crippen molar-refractivity contribution < 1.29 is 19.1 Å². The van der Waals surface area contributed by atoms with Crippen LogP contribution in [0.25, 0.3) is 98.7 Å². The van der Waals surface area contributed by atoms with Gasteiger partial charge in [0.15, 0.2) is 0 Å². The van der Waals surface area contributed by atoms with E-state index in [0.717, 1.165) is 89.1 Å². The van der Waals surface area contributed by atoms with Gasteiger partial charge in [0.25, 0.3) is 5.91 Å². The van der Waals surface area contributed by atoms with Gasteiger partial charge >= 0.3 is 5.97 Å². The number of nitrogen functional groups attached to an aromatic ring is 1. The van der Waals surface area contributed by atoms with Crippen LogP contribution in [0.2, 0.25) is 0 Å². The van der Waals surface area contributed by atoms with Crippen molar-refractivity contribution in [3.8, 4) is 11.5 Å². The molecular formula is C64H61BrN8O4. The fourth-order valence-electron chi connectivity index (χ4n) is 10.8. The van der Waals surface area contributed by atoms with Crippen LogP contribution in [0.4, 0.5) is 0 Å². The van der Waals surface area contributed by atoms with Gasteiger partial charge in [-0.1, -0.05) is 116 Å². The van der Waals surface area contributed by atoms with E-state index in [9.17, 15) is 9.59 Å². The average molecular weight is 1090 g/mol. The second kappa shape index (κ2) is 23.2. The van der Waals surface area contributed by atoms with Crippen LogP contribution < -0.4 is 11.3 Å². The van der Waals surface area contributed by atoms with Gasteiger partial charge in [0.1, 0.15) is 0 Å². The third-order valence-corrected chi connectivity index (χ3v) is 14.6. The van der Waals surface area contributed by atoms with Crippen molar-refractivity contribution in [2.75, 3.05) is 0 Å². The molecule has 0 aliphatic carbocycles. The summed E-state index contributed by atoms with van der Waals surface area (Å²) < 4.78 is 15.8. The third-order valence-electron chi connectivity index (χ3n) is 14.1. The van der Waals surface area contributed by atoms with Gasteiger partial charge in [-0.3, -0.25) is 10.2 Å². The van der Waals surface area contributed by atoms with Crippen LogP contribution >= 0.6 is 15.9 Å². The van der Waals surface area contributed by atoms with Crippen molar-refractivity contribution in [3.05, 3.63) is 192 Å². The summed E-state index contributed by atoms with van der Waals surface area (Å²) in [5.74, 6) is 4.62. The van der Waals surface area contributed by atoms with Gasteiger partial charge < -0.3 is 27.8 Å². The lowest BCUT2D eigenvalue weighted by atomic mass is 10.1. The number of carbonyl (C=O) groups excluding carboxylic acids is 1. The Morgan fingerprint density at radius 3 is 1.25 bits per heavy atom. The number of carboxylic acid groups (broad SMARTS) is 1. The molecule has 0 radical (unpaired) electrons. The summed E-state index contributed by atoms with van der Waals surface area (Å²) in [5, 5.41) is 26.4. The van der Waals surface area contributed by atoms with Gasteiger partial charge in [0.05, 0.1) is 5.56 Å². The Morgan fingerprint density at radius 2 is 0.844 bits per heavy atom. The number of carboxylic acids is 1. The zero-order valence-electron chi connectivity index (χ0n) is 43.7. The third kappa shape index (κ3) is 10.2. The zero-order valence-corrected chi connectivity index (χ0v) is 45.3. The normalized spacial score (nSPS) is 11.3. The maximum absolute atomic E-state index is 11.7. The molecule has 13 aromatic rings. The van der Waals surface area contributed by atoms with Gasteiger partial charge in [-0.2, -0.15) is 0 Å². The van der Waals surface area contributed by atoms with E-state index < -0.39 is 5.97 Å². The van der Waals surface area contributed by atoms with E-state index in [-0.39, 0.29) is 5.91 Å². The predicted octanol–water partition coefficient (Wildman–Crippen LogP) is 15.9. The number of halogens is 1. The van der Waals surface area contributed by atoms with E-state index in [1.165, 1.54) is 66.4 Å². The second-order valence-electron chi connectivity index (χ2n) is 19.1. The van der Waals surface area contributed by atoms with Crippen molar-refractivity contribution in [2.24, 2.45) is 5.84 Å². The Kier molecular flexibility index (Phi) is 15.6. The van der Waals surface area contributed by atoms with Crippen LogP contribution in [-0.4, -0.2) is 45.4 Å². The highest BCUT2D eigenvalue weighted by Gasteiger charge is 2.16. The summed E-state index contributed by atoms with van der Waals surface area (Å²) in [7, 11) is 0. The summed E-state index contributed by atoms with van der Waals surface area (Å²) in [5.41, 5.74) is 13.9. The number of aromatic carboxylic acids is 1. The summed E-state index contributed by atoms with van der Waals surface area (Å²) in [6.45, 7) is 12.7. The van der Waals surface area contributed by atoms with E-state index in [2.05, 4.69) is 181 Å². The van der Waals surface area contributed by atoms with Crippen LogP contribution in [0.3, 0.4) is 0 Å². The highest BCUT2D eigenvalue weighted by molar-refractivity contribution is 9.10. The molecule has 13 heteroatoms. The highest BCUT2D eigenvalue weighted by atomic mass is 79.9. The molecule has 1 amide bonds. The smallest absolute Gasteiger partial charge is 0.335 e. The number of hydrogen-bond acceptors (Lipinski definition) is 6. The maximum atomic E-state index is 11.7. The van der Waals surface area contributed by atoms with Crippen molar-refractivity contribution in [1.29, 1.82) is 0 Å². The van der Waals surface area contributed by atoms with Gasteiger partial charge in [-0.25, -0.2) is 10.6 Å². The number of nitrogens with zero attached hydrogens (tertiary/aromatic N) is 6. The second-order valence-corrected chi connectivity index (χ2v) is 20.0. The Bertz CT molecular complexity index is 4240. The van der Waals surface area contributed by atoms with Crippen molar-refractivity contribution in [3.63, 3.8) is 0 Å². The lowest BCUT2D eigenvalue weighted by Crippen LogP contribution is -2.29. The number of benzene rings is 8. The molecule has 8 aromatic carbocycles. The molecule has 0 atom stereocenters. The average Bonchev–Trinajstić information content (AvgIpc) is 4.36. The monoisotopic (exact) mass is 1080 g/mol. The number of nitrogens with one attached hydrogen (secondary N) is 1. The van der Waals surface area contributed by atoms with E-state index in [0.29, 0.717) is 17.0 Å². The zero-order chi connectivity index (χ0) is 53.6.